The first-order chi connectivity index (χ1) is 13.2. The van der Waals surface area contributed by atoms with Gasteiger partial charge in [-0.2, -0.15) is 10.2 Å². The van der Waals surface area contributed by atoms with Crippen LogP contribution in [0.1, 0.15) is 23.7 Å². The van der Waals surface area contributed by atoms with Gasteiger partial charge in [-0.05, 0) is 30.5 Å². The van der Waals surface area contributed by atoms with Crippen molar-refractivity contribution in [2.24, 2.45) is 5.92 Å². The zero-order valence-corrected chi connectivity index (χ0v) is 14.7. The van der Waals surface area contributed by atoms with Crippen molar-refractivity contribution >= 4 is 5.88 Å². The van der Waals surface area contributed by atoms with Crippen molar-refractivity contribution in [3.8, 4) is 17.5 Å². The summed E-state index contributed by atoms with van der Waals surface area (Å²) in [6.07, 6.45) is 1.06. The Morgan fingerprint density at radius 3 is 2.74 bits per heavy atom. The maximum absolute atomic E-state index is 12.2. The molecule has 2 atom stereocenters. The lowest BCUT2D eigenvalue weighted by atomic mass is 9.83. The van der Waals surface area contributed by atoms with E-state index in [2.05, 4.69) is 16.0 Å². The number of nitriles is 1. The number of hydrogen-bond acceptors (Lipinski definition) is 5. The molecule has 1 fully saturated rings. The van der Waals surface area contributed by atoms with E-state index in [4.69, 9.17) is 4.42 Å². The van der Waals surface area contributed by atoms with Crippen molar-refractivity contribution in [3.05, 3.63) is 70.3 Å². The van der Waals surface area contributed by atoms with Gasteiger partial charge < -0.3 is 13.9 Å². The average molecular weight is 358 g/mol. The van der Waals surface area contributed by atoms with Crippen molar-refractivity contribution in [1.82, 2.24) is 9.55 Å². The van der Waals surface area contributed by atoms with Crippen LogP contribution in [0.25, 0.3) is 11.5 Å². The number of aromatic nitrogens is 2. The molecule has 5 rings (SSSR count). The molecule has 2 aromatic heterocycles. The molecule has 134 valence electrons. The van der Waals surface area contributed by atoms with E-state index in [0.717, 1.165) is 30.8 Å². The number of rotatable bonds is 2. The molecule has 0 saturated carbocycles. The van der Waals surface area contributed by atoms with Gasteiger partial charge in [0.1, 0.15) is 6.07 Å². The van der Waals surface area contributed by atoms with E-state index in [1.54, 1.807) is 6.07 Å². The number of fused-ring (bicyclic) bond motifs is 4. The molecule has 0 radical (unpaired) electrons. The second-order valence-corrected chi connectivity index (χ2v) is 7.25. The zero-order valence-electron chi connectivity index (χ0n) is 14.7. The van der Waals surface area contributed by atoms with Gasteiger partial charge in [-0.15, -0.1) is 0 Å². The van der Waals surface area contributed by atoms with Crippen molar-refractivity contribution in [3.63, 3.8) is 0 Å². The molecule has 0 amide bonds. The molecule has 4 heterocycles. The summed E-state index contributed by atoms with van der Waals surface area (Å²) in [4.78, 5) is 18.7. The van der Waals surface area contributed by atoms with E-state index in [-0.39, 0.29) is 11.5 Å². The van der Waals surface area contributed by atoms with Crippen molar-refractivity contribution < 1.29 is 4.42 Å². The minimum absolute atomic E-state index is 0.0689. The molecule has 2 aliphatic heterocycles. The van der Waals surface area contributed by atoms with E-state index in [1.165, 1.54) is 0 Å². The third-order valence-corrected chi connectivity index (χ3v) is 5.50. The summed E-state index contributed by atoms with van der Waals surface area (Å²) in [5, 5.41) is 9.56. The molecule has 0 spiro atoms. The number of benzene rings is 1. The van der Waals surface area contributed by atoms with Gasteiger partial charge in [-0.1, -0.05) is 24.3 Å². The molecule has 27 heavy (non-hydrogen) atoms. The van der Waals surface area contributed by atoms with Crippen LogP contribution >= 0.6 is 0 Å². The molecule has 0 unspecified atom stereocenters. The number of anilines is 1. The van der Waals surface area contributed by atoms with Crippen LogP contribution in [0.15, 0.2) is 57.7 Å². The Morgan fingerprint density at radius 1 is 1.07 bits per heavy atom. The number of hydrogen-bond donors (Lipinski definition) is 0. The molecule has 3 aromatic rings. The fourth-order valence-corrected chi connectivity index (χ4v) is 4.37. The van der Waals surface area contributed by atoms with E-state index < -0.39 is 0 Å². The maximum atomic E-state index is 12.2. The average Bonchev–Trinajstić information content (AvgIpc) is 3.14. The number of nitrogens with zero attached hydrogens (tertiary/aromatic N) is 4. The molecular weight excluding hydrogens is 340 g/mol. The Labute approximate surface area is 156 Å². The first kappa shape index (κ1) is 15.9. The molecule has 6 nitrogen and oxygen atoms in total. The highest BCUT2D eigenvalue weighted by Gasteiger charge is 2.36. The molecule has 2 bridgehead atoms. The van der Waals surface area contributed by atoms with Crippen LogP contribution in [-0.4, -0.2) is 22.6 Å². The molecular formula is C21H18N4O2. The highest BCUT2D eigenvalue weighted by molar-refractivity contribution is 5.59. The topological polar surface area (TPSA) is 75.1 Å². The van der Waals surface area contributed by atoms with Crippen LogP contribution in [0, 0.1) is 17.2 Å². The van der Waals surface area contributed by atoms with Gasteiger partial charge in [0.15, 0.2) is 0 Å². The minimum Gasteiger partial charge on any atom is -0.419 e. The van der Waals surface area contributed by atoms with Crippen molar-refractivity contribution in [1.29, 1.82) is 5.26 Å². The number of oxazole rings is 1. The van der Waals surface area contributed by atoms with E-state index in [1.807, 2.05) is 47.0 Å². The Bertz CT molecular complexity index is 1090. The lowest BCUT2D eigenvalue weighted by Crippen LogP contribution is -2.47. The third-order valence-electron chi connectivity index (χ3n) is 5.50. The van der Waals surface area contributed by atoms with Gasteiger partial charge in [0.2, 0.25) is 17.5 Å². The Balaban J connectivity index is 1.51. The van der Waals surface area contributed by atoms with Gasteiger partial charge in [0.25, 0.3) is 5.56 Å². The maximum Gasteiger partial charge on any atom is 0.250 e. The molecule has 2 aliphatic rings. The smallest absolute Gasteiger partial charge is 0.250 e. The molecule has 6 heteroatoms. The summed E-state index contributed by atoms with van der Waals surface area (Å²) >= 11 is 0. The third kappa shape index (κ3) is 2.63. The second-order valence-electron chi connectivity index (χ2n) is 7.25. The van der Waals surface area contributed by atoms with Crippen LogP contribution in [-0.2, 0) is 6.54 Å². The van der Waals surface area contributed by atoms with Gasteiger partial charge >= 0.3 is 0 Å². The van der Waals surface area contributed by atoms with Gasteiger partial charge in [0, 0.05) is 42.9 Å². The van der Waals surface area contributed by atoms with Crippen LogP contribution in [0.3, 0.4) is 0 Å². The fourth-order valence-electron chi connectivity index (χ4n) is 4.37. The van der Waals surface area contributed by atoms with Gasteiger partial charge in [-0.25, -0.2) is 0 Å². The normalized spacial score (nSPS) is 20.8. The molecule has 1 saturated heterocycles. The van der Waals surface area contributed by atoms with Gasteiger partial charge in [0.05, 0.1) is 0 Å². The Morgan fingerprint density at radius 2 is 1.93 bits per heavy atom. The van der Waals surface area contributed by atoms with E-state index in [0.29, 0.717) is 29.9 Å². The summed E-state index contributed by atoms with van der Waals surface area (Å²) < 4.78 is 7.93. The summed E-state index contributed by atoms with van der Waals surface area (Å²) in [5.41, 5.74) is 2.32. The lowest BCUT2D eigenvalue weighted by molar-refractivity contribution is 0.275. The minimum atomic E-state index is 0.0689. The van der Waals surface area contributed by atoms with Crippen molar-refractivity contribution in [2.75, 3.05) is 18.0 Å². The Kier molecular flexibility index (Phi) is 3.61. The summed E-state index contributed by atoms with van der Waals surface area (Å²) in [6.45, 7) is 2.19. The van der Waals surface area contributed by atoms with E-state index in [9.17, 15) is 10.1 Å². The summed E-state index contributed by atoms with van der Waals surface area (Å²) in [6, 6.07) is 17.3. The van der Waals surface area contributed by atoms with Gasteiger partial charge in [-0.3, -0.25) is 4.79 Å². The zero-order chi connectivity index (χ0) is 18.4. The monoisotopic (exact) mass is 358 g/mol. The van der Waals surface area contributed by atoms with E-state index >= 15 is 0 Å². The molecule has 1 aromatic carbocycles. The van der Waals surface area contributed by atoms with Crippen LogP contribution in [0.2, 0.25) is 0 Å². The highest BCUT2D eigenvalue weighted by atomic mass is 16.4. The van der Waals surface area contributed by atoms with Crippen LogP contribution < -0.4 is 10.5 Å². The first-order valence-electron chi connectivity index (χ1n) is 9.14. The molecule has 0 N–H and O–H groups in total. The first-order valence-corrected chi connectivity index (χ1v) is 9.14. The largest absolute Gasteiger partial charge is 0.419 e. The quantitative estimate of drug-likeness (QED) is 0.704. The SMILES string of the molecule is N#Cc1nc(-c2ccccc2)oc1N1C[C@@H]2C[C@@H](C1)c1cccc(=O)n1C2. The van der Waals surface area contributed by atoms with Crippen LogP contribution in [0.5, 0.6) is 0 Å². The fraction of sp³-hybridized carbons (Fsp3) is 0.286. The summed E-state index contributed by atoms with van der Waals surface area (Å²) in [7, 11) is 0. The van der Waals surface area contributed by atoms with Crippen LogP contribution in [0.4, 0.5) is 5.88 Å². The number of pyridine rings is 1. The summed E-state index contributed by atoms with van der Waals surface area (Å²) in [5.74, 6) is 1.61. The predicted octanol–water partition coefficient (Wildman–Crippen LogP) is 3.00. The predicted molar refractivity (Wildman–Crippen MR) is 100 cm³/mol. The number of piperidine rings is 1. The second kappa shape index (κ2) is 6.13. The van der Waals surface area contributed by atoms with Crippen molar-refractivity contribution in [2.45, 2.75) is 18.9 Å². The highest BCUT2D eigenvalue weighted by Crippen LogP contribution is 2.38. The lowest BCUT2D eigenvalue weighted by Gasteiger charge is -2.42. The molecule has 0 aliphatic carbocycles. The standard InChI is InChI=1S/C21H18N4O2/c22-10-17-21(27-20(23-17)15-5-2-1-3-6-15)24-11-14-9-16(13-24)18-7-4-8-19(26)25(18)12-14/h1-8,14,16H,9,11-13H2/t14-,16-/m0/s1. The Hall–Kier alpha value is -3.33.